The molecule has 1 N–H and O–H groups in total. The number of aromatic amines is 1. The number of sulfonamides is 1. The first-order valence-corrected chi connectivity index (χ1v) is 9.89. The minimum atomic E-state index is -3.55. The van der Waals surface area contributed by atoms with Gasteiger partial charge in [-0.1, -0.05) is 11.6 Å². The van der Waals surface area contributed by atoms with Crippen LogP contribution in [0.3, 0.4) is 0 Å². The number of nitrogens with one attached hydrogen (secondary N) is 1. The minimum absolute atomic E-state index is 0.0606. The van der Waals surface area contributed by atoms with Crippen molar-refractivity contribution >= 4 is 44.4 Å². The van der Waals surface area contributed by atoms with Crippen LogP contribution >= 0.6 is 23.4 Å². The Morgan fingerprint density at radius 1 is 1.57 bits per heavy atom. The number of fused-ring (bicyclic) bond motifs is 1. The fourth-order valence-electron chi connectivity index (χ4n) is 2.80. The summed E-state index contributed by atoms with van der Waals surface area (Å²) < 4.78 is 27.5. The van der Waals surface area contributed by atoms with Gasteiger partial charge in [0.2, 0.25) is 10.0 Å². The van der Waals surface area contributed by atoms with Gasteiger partial charge in [-0.05, 0) is 25.2 Å². The van der Waals surface area contributed by atoms with Crippen LogP contribution in [0, 0.1) is 0 Å². The Labute approximate surface area is 133 Å². The summed E-state index contributed by atoms with van der Waals surface area (Å²) >= 11 is 7.84. The quantitative estimate of drug-likeness (QED) is 0.925. The van der Waals surface area contributed by atoms with E-state index in [0.29, 0.717) is 22.6 Å². The molecule has 2 aromatic rings. The molecule has 5 nitrogen and oxygen atoms in total. The van der Waals surface area contributed by atoms with E-state index in [1.807, 2.05) is 6.26 Å². The number of pyridine rings is 1. The van der Waals surface area contributed by atoms with Crippen molar-refractivity contribution in [2.75, 3.05) is 18.6 Å². The van der Waals surface area contributed by atoms with E-state index < -0.39 is 10.0 Å². The van der Waals surface area contributed by atoms with Crippen LogP contribution in [0.15, 0.2) is 23.4 Å². The molecule has 8 heteroatoms. The molecular formula is C13H16ClN3O2S2. The molecule has 1 atom stereocenters. The summed E-state index contributed by atoms with van der Waals surface area (Å²) in [7, 11) is -3.55. The van der Waals surface area contributed by atoms with Crippen LogP contribution in [0.4, 0.5) is 0 Å². The Bertz CT molecular complexity index is 760. The highest BCUT2D eigenvalue weighted by molar-refractivity contribution is 7.98. The molecule has 0 bridgehead atoms. The lowest BCUT2D eigenvalue weighted by Gasteiger charge is -2.23. The average molecular weight is 346 g/mol. The summed E-state index contributed by atoms with van der Waals surface area (Å²) in [5.41, 5.74) is 0.502. The van der Waals surface area contributed by atoms with Crippen LogP contribution in [-0.2, 0) is 10.0 Å². The number of H-pyrrole nitrogens is 1. The van der Waals surface area contributed by atoms with Crippen molar-refractivity contribution in [1.82, 2.24) is 14.3 Å². The maximum Gasteiger partial charge on any atom is 0.245 e. The van der Waals surface area contributed by atoms with E-state index in [1.54, 1.807) is 28.3 Å². The van der Waals surface area contributed by atoms with E-state index in [0.717, 1.165) is 18.6 Å². The Morgan fingerprint density at radius 2 is 2.38 bits per heavy atom. The molecule has 3 rings (SSSR count). The van der Waals surface area contributed by atoms with Crippen LogP contribution in [0.1, 0.15) is 12.8 Å². The first-order chi connectivity index (χ1) is 10.1. The minimum Gasteiger partial charge on any atom is -0.345 e. The average Bonchev–Trinajstić information content (AvgIpc) is 3.06. The molecule has 1 unspecified atom stereocenters. The van der Waals surface area contributed by atoms with Gasteiger partial charge < -0.3 is 4.98 Å². The lowest BCUT2D eigenvalue weighted by Crippen LogP contribution is -2.36. The summed E-state index contributed by atoms with van der Waals surface area (Å²) in [6.45, 7) is 0.568. The van der Waals surface area contributed by atoms with Gasteiger partial charge in [0.25, 0.3) is 0 Å². The monoisotopic (exact) mass is 345 g/mol. The third-order valence-corrected chi connectivity index (χ3v) is 6.76. The molecule has 114 valence electrons. The van der Waals surface area contributed by atoms with E-state index in [9.17, 15) is 8.42 Å². The third kappa shape index (κ3) is 2.56. The highest BCUT2D eigenvalue weighted by Crippen LogP contribution is 2.33. The largest absolute Gasteiger partial charge is 0.345 e. The molecule has 0 aliphatic carbocycles. The van der Waals surface area contributed by atoms with Crippen LogP contribution < -0.4 is 0 Å². The molecule has 0 amide bonds. The second-order valence-corrected chi connectivity index (χ2v) is 8.21. The molecule has 1 aliphatic heterocycles. The fraction of sp³-hybridized carbons (Fsp3) is 0.462. The summed E-state index contributed by atoms with van der Waals surface area (Å²) in [6.07, 6.45) is 6.86. The number of thioether (sulfide) groups is 1. The Hall–Kier alpha value is -0.760. The van der Waals surface area contributed by atoms with Crippen molar-refractivity contribution in [3.8, 4) is 0 Å². The van der Waals surface area contributed by atoms with Gasteiger partial charge in [-0.3, -0.25) is 0 Å². The molecule has 1 aliphatic rings. The third-order valence-electron chi connectivity index (χ3n) is 3.76. The lowest BCUT2D eigenvalue weighted by atomic mass is 10.3. The van der Waals surface area contributed by atoms with Crippen molar-refractivity contribution in [1.29, 1.82) is 0 Å². The summed E-state index contributed by atoms with van der Waals surface area (Å²) in [5.74, 6) is 0.813. The second kappa shape index (κ2) is 5.79. The van der Waals surface area contributed by atoms with E-state index in [-0.39, 0.29) is 10.9 Å². The maximum atomic E-state index is 13.0. The zero-order chi connectivity index (χ0) is 15.0. The molecule has 3 heterocycles. The van der Waals surface area contributed by atoms with Crippen molar-refractivity contribution < 1.29 is 8.42 Å². The topological polar surface area (TPSA) is 66.1 Å². The Balaban J connectivity index is 2.08. The molecule has 21 heavy (non-hydrogen) atoms. The van der Waals surface area contributed by atoms with Gasteiger partial charge in [0.1, 0.15) is 10.5 Å². The van der Waals surface area contributed by atoms with Gasteiger partial charge in [0.05, 0.1) is 10.4 Å². The molecule has 2 aromatic heterocycles. The van der Waals surface area contributed by atoms with Gasteiger partial charge in [0, 0.05) is 30.7 Å². The normalized spacial score (nSPS) is 20.4. The van der Waals surface area contributed by atoms with Crippen molar-refractivity contribution in [3.63, 3.8) is 0 Å². The molecule has 0 saturated carbocycles. The van der Waals surface area contributed by atoms with Crippen LogP contribution in [0.2, 0.25) is 5.02 Å². The summed E-state index contributed by atoms with van der Waals surface area (Å²) in [5, 5.41) is 0.884. The highest BCUT2D eigenvalue weighted by Gasteiger charge is 2.36. The van der Waals surface area contributed by atoms with E-state index in [4.69, 9.17) is 11.6 Å². The Kier molecular flexibility index (Phi) is 4.18. The second-order valence-electron chi connectivity index (χ2n) is 5.04. The van der Waals surface area contributed by atoms with E-state index >= 15 is 0 Å². The number of aromatic nitrogens is 2. The summed E-state index contributed by atoms with van der Waals surface area (Å²) in [4.78, 5) is 7.26. The van der Waals surface area contributed by atoms with Gasteiger partial charge in [0.15, 0.2) is 0 Å². The van der Waals surface area contributed by atoms with E-state index in [2.05, 4.69) is 9.97 Å². The van der Waals surface area contributed by atoms with Crippen LogP contribution in [0.5, 0.6) is 0 Å². The van der Waals surface area contributed by atoms with Gasteiger partial charge in [-0.2, -0.15) is 16.1 Å². The molecule has 0 radical (unpaired) electrons. The first-order valence-electron chi connectivity index (χ1n) is 6.68. The number of halogens is 1. The molecule has 0 spiro atoms. The van der Waals surface area contributed by atoms with Crippen LogP contribution in [0.25, 0.3) is 11.0 Å². The summed E-state index contributed by atoms with van der Waals surface area (Å²) in [6, 6.07) is 1.67. The number of hydrogen-bond donors (Lipinski definition) is 1. The molecular weight excluding hydrogens is 330 g/mol. The predicted octanol–water partition coefficient (Wildman–Crippen LogP) is 2.73. The SMILES string of the molecule is CSCC1CCCN1S(=O)(=O)c1c[nH]c2nccc(Cl)c12. The maximum absolute atomic E-state index is 13.0. The van der Waals surface area contributed by atoms with Crippen molar-refractivity contribution in [2.24, 2.45) is 0 Å². The van der Waals surface area contributed by atoms with Gasteiger partial charge in [-0.15, -0.1) is 0 Å². The standard InChI is InChI=1S/C13H16ClN3O2S2/c1-20-8-9-3-2-6-17(9)21(18,19)11-7-16-13-12(11)10(14)4-5-15-13/h4-5,7,9H,2-3,6,8H2,1H3,(H,15,16). The van der Waals surface area contributed by atoms with Gasteiger partial charge >= 0.3 is 0 Å². The highest BCUT2D eigenvalue weighted by atomic mass is 35.5. The fourth-order valence-corrected chi connectivity index (χ4v) is 5.80. The predicted molar refractivity (Wildman–Crippen MR) is 86.4 cm³/mol. The first kappa shape index (κ1) is 15.1. The number of nitrogens with zero attached hydrogens (tertiary/aromatic N) is 2. The van der Waals surface area contributed by atoms with Crippen molar-refractivity contribution in [3.05, 3.63) is 23.5 Å². The number of rotatable bonds is 4. The van der Waals surface area contributed by atoms with Crippen molar-refractivity contribution in [2.45, 2.75) is 23.8 Å². The molecule has 1 saturated heterocycles. The molecule has 1 fully saturated rings. The smallest absolute Gasteiger partial charge is 0.245 e. The zero-order valence-electron chi connectivity index (χ0n) is 11.5. The zero-order valence-corrected chi connectivity index (χ0v) is 13.9. The van der Waals surface area contributed by atoms with Crippen LogP contribution in [-0.4, -0.2) is 47.3 Å². The molecule has 0 aromatic carbocycles. The van der Waals surface area contributed by atoms with Gasteiger partial charge in [-0.25, -0.2) is 13.4 Å². The van der Waals surface area contributed by atoms with E-state index in [1.165, 1.54) is 6.20 Å². The lowest BCUT2D eigenvalue weighted by molar-refractivity contribution is 0.413. The number of hydrogen-bond acceptors (Lipinski definition) is 4. The Morgan fingerprint density at radius 3 is 3.14 bits per heavy atom.